The minimum Gasteiger partial charge on any atom is -0.748 e. The summed E-state index contributed by atoms with van der Waals surface area (Å²) in [7, 11) is -4.43. The number of esters is 2. The first-order valence-electron chi connectivity index (χ1n) is 14.9. The van der Waals surface area contributed by atoms with Gasteiger partial charge in [-0.05, 0) is 87.3 Å². The largest absolute Gasteiger partial charge is 0.748 e. The average molecular weight is 635 g/mol. The van der Waals surface area contributed by atoms with E-state index in [-0.39, 0.29) is 22.7 Å². The van der Waals surface area contributed by atoms with Crippen molar-refractivity contribution in [3.8, 4) is 0 Å². The van der Waals surface area contributed by atoms with E-state index in [4.69, 9.17) is 9.47 Å². The second-order valence-electron chi connectivity index (χ2n) is 12.2. The van der Waals surface area contributed by atoms with Crippen LogP contribution in [0, 0.1) is 17.3 Å². The molecule has 0 aliphatic heterocycles. The van der Waals surface area contributed by atoms with Crippen molar-refractivity contribution in [2.75, 3.05) is 12.4 Å². The molecule has 0 N–H and O–H groups in total. The summed E-state index contributed by atoms with van der Waals surface area (Å²) in [6.45, 7) is 4.78. The lowest BCUT2D eigenvalue weighted by Crippen LogP contribution is -2.60. The monoisotopic (exact) mass is 634 g/mol. The van der Waals surface area contributed by atoms with Gasteiger partial charge in [0.15, 0.2) is 14.7 Å². The Balaban J connectivity index is 0.000000181. The normalized spacial score (nSPS) is 25.1. The molecular weight excluding hydrogens is 597 g/mol. The van der Waals surface area contributed by atoms with Gasteiger partial charge < -0.3 is 14.0 Å². The Labute approximate surface area is 262 Å². The third-order valence-electron chi connectivity index (χ3n) is 8.60. The lowest BCUT2D eigenvalue weighted by molar-refractivity contribution is -0.210. The first-order chi connectivity index (χ1) is 21.0. The van der Waals surface area contributed by atoms with Gasteiger partial charge in [0.1, 0.15) is 12.2 Å². The van der Waals surface area contributed by atoms with E-state index in [9.17, 15) is 22.6 Å². The first-order valence-corrected chi connectivity index (χ1v) is 17.7. The maximum atomic E-state index is 12.7. The van der Waals surface area contributed by atoms with Crippen LogP contribution in [-0.4, -0.2) is 42.9 Å². The lowest BCUT2D eigenvalue weighted by atomic mass is 9.48. The third kappa shape index (κ3) is 7.62. The minimum atomic E-state index is -4.42. The van der Waals surface area contributed by atoms with Crippen LogP contribution < -0.4 is 0 Å². The van der Waals surface area contributed by atoms with Crippen LogP contribution in [0.4, 0.5) is 0 Å². The van der Waals surface area contributed by atoms with E-state index in [1.807, 2.05) is 0 Å². The molecule has 2 atom stereocenters. The highest BCUT2D eigenvalue weighted by atomic mass is 32.2. The Bertz CT molecular complexity index is 1470. The van der Waals surface area contributed by atoms with Crippen LogP contribution in [0.15, 0.2) is 118 Å². The summed E-state index contributed by atoms with van der Waals surface area (Å²) in [5.74, 6) is -1.06. The molecule has 3 aromatic carbocycles. The zero-order chi connectivity index (χ0) is 31.4. The average Bonchev–Trinajstić information content (AvgIpc) is 2.98. The van der Waals surface area contributed by atoms with Crippen LogP contribution in [-0.2, 0) is 40.1 Å². The van der Waals surface area contributed by atoms with Gasteiger partial charge in [0.05, 0.1) is 32.2 Å². The maximum Gasteiger partial charge on any atom is 0.333 e. The predicted molar refractivity (Wildman–Crippen MR) is 168 cm³/mol. The van der Waals surface area contributed by atoms with Gasteiger partial charge in [-0.3, -0.25) is 4.79 Å². The van der Waals surface area contributed by atoms with Crippen molar-refractivity contribution in [2.45, 2.75) is 65.7 Å². The molecule has 0 heterocycles. The number of carbonyl (C=O) groups excluding carboxylic acids is 2. The third-order valence-corrected chi connectivity index (χ3v) is 11.5. The summed E-state index contributed by atoms with van der Waals surface area (Å²) >= 11 is 0. The fraction of sp³-hybridized carbons (Fsp3) is 0.371. The van der Waals surface area contributed by atoms with Crippen LogP contribution in [0.2, 0.25) is 0 Å². The van der Waals surface area contributed by atoms with E-state index in [1.54, 1.807) is 6.92 Å². The van der Waals surface area contributed by atoms with Crippen LogP contribution in [0.3, 0.4) is 0 Å². The van der Waals surface area contributed by atoms with E-state index in [0.29, 0.717) is 24.8 Å². The first kappa shape index (κ1) is 32.0. The van der Waals surface area contributed by atoms with Crippen LogP contribution in [0.25, 0.3) is 0 Å². The fourth-order valence-electron chi connectivity index (χ4n) is 7.29. The van der Waals surface area contributed by atoms with Crippen molar-refractivity contribution in [3.63, 3.8) is 0 Å². The van der Waals surface area contributed by atoms with Gasteiger partial charge in [0.2, 0.25) is 0 Å². The maximum absolute atomic E-state index is 12.7. The summed E-state index contributed by atoms with van der Waals surface area (Å²) in [6, 6.07) is 32.2. The standard InChI is InChI=1S/C18H15S.C17H24O7S/c1-4-10-16(11-5-1)19(17-12-6-2-7-13-17)18-14-8-3-9-15-18;1-11(2)14(18)24-17-8-12-5-13(9-17)7-16(6-12,10-17)15(19)23-3-4-25(20,21)22/h1-15H;12-13H,1,3-10H2,2H3,(H,20,21,22)/q+1;/p-1. The van der Waals surface area contributed by atoms with Crippen molar-refractivity contribution in [3.05, 3.63) is 103 Å². The molecule has 2 unspecified atom stereocenters. The van der Waals surface area contributed by atoms with E-state index >= 15 is 0 Å². The summed E-state index contributed by atoms with van der Waals surface area (Å²) < 4.78 is 42.9. The van der Waals surface area contributed by atoms with Gasteiger partial charge in [-0.1, -0.05) is 61.2 Å². The molecule has 0 radical (unpaired) electrons. The molecule has 0 aromatic heterocycles. The highest BCUT2D eigenvalue weighted by Crippen LogP contribution is 2.63. The SMILES string of the molecule is C=C(C)C(=O)OC12CC3CC(C1)CC(C(=O)OCCS(=O)(=O)[O-])(C3)C2.c1ccc([S+](c2ccccc2)c2ccccc2)cc1. The summed E-state index contributed by atoms with van der Waals surface area (Å²) in [6.07, 6.45) is 4.22. The second kappa shape index (κ2) is 13.3. The van der Waals surface area contributed by atoms with Crippen molar-refractivity contribution in [1.82, 2.24) is 0 Å². The number of benzene rings is 3. The molecule has 44 heavy (non-hydrogen) atoms. The van der Waals surface area contributed by atoms with E-state index in [0.717, 1.165) is 19.3 Å². The van der Waals surface area contributed by atoms with Gasteiger partial charge in [0, 0.05) is 12.0 Å². The predicted octanol–water partition coefficient (Wildman–Crippen LogP) is 6.32. The molecule has 4 fully saturated rings. The van der Waals surface area contributed by atoms with Gasteiger partial charge in [-0.2, -0.15) is 0 Å². The summed E-state index contributed by atoms with van der Waals surface area (Å²) in [4.78, 5) is 28.8. The van der Waals surface area contributed by atoms with Gasteiger partial charge in [-0.15, -0.1) is 0 Å². The Morgan fingerprint density at radius 1 is 0.841 bits per heavy atom. The quantitative estimate of drug-likeness (QED) is 0.117. The fourth-order valence-corrected chi connectivity index (χ4v) is 9.68. The van der Waals surface area contributed by atoms with Crippen LogP contribution in [0.1, 0.15) is 45.4 Å². The Hall–Kier alpha value is -3.40. The summed E-state index contributed by atoms with van der Waals surface area (Å²) in [5.41, 5.74) is -1.08. The van der Waals surface area contributed by atoms with Gasteiger partial charge in [-0.25, -0.2) is 13.2 Å². The van der Waals surface area contributed by atoms with Crippen molar-refractivity contribution < 1.29 is 32.0 Å². The van der Waals surface area contributed by atoms with Gasteiger partial charge >= 0.3 is 11.9 Å². The molecule has 4 aliphatic rings. The molecule has 4 bridgehead atoms. The Morgan fingerprint density at radius 3 is 1.70 bits per heavy atom. The molecule has 0 spiro atoms. The van der Waals surface area contributed by atoms with Crippen LogP contribution >= 0.6 is 0 Å². The number of rotatable bonds is 9. The topological polar surface area (TPSA) is 110 Å². The minimum absolute atomic E-state index is 0.0146. The van der Waals surface area contributed by atoms with E-state index in [2.05, 4.69) is 97.6 Å². The Kier molecular flexibility index (Phi) is 9.68. The van der Waals surface area contributed by atoms with Gasteiger partial charge in [0.25, 0.3) is 0 Å². The zero-order valence-corrected chi connectivity index (χ0v) is 26.5. The van der Waals surface area contributed by atoms with E-state index < -0.39 is 45.4 Å². The molecule has 0 saturated heterocycles. The highest BCUT2D eigenvalue weighted by Gasteiger charge is 2.63. The van der Waals surface area contributed by atoms with Crippen LogP contribution in [0.5, 0.6) is 0 Å². The van der Waals surface area contributed by atoms with Crippen molar-refractivity contribution in [2.24, 2.45) is 17.3 Å². The van der Waals surface area contributed by atoms with E-state index in [1.165, 1.54) is 14.7 Å². The molecule has 232 valence electrons. The molecule has 7 rings (SSSR count). The smallest absolute Gasteiger partial charge is 0.333 e. The Morgan fingerprint density at radius 2 is 1.30 bits per heavy atom. The highest BCUT2D eigenvalue weighted by molar-refractivity contribution is 7.97. The van der Waals surface area contributed by atoms with Crippen molar-refractivity contribution >= 4 is 33.0 Å². The molecule has 3 aromatic rings. The second-order valence-corrected chi connectivity index (χ2v) is 15.8. The molecule has 9 heteroatoms. The molecule has 4 saturated carbocycles. The lowest BCUT2D eigenvalue weighted by Gasteiger charge is -2.59. The number of ether oxygens (including phenoxy) is 2. The molecule has 7 nitrogen and oxygen atoms in total. The molecule has 4 aliphatic carbocycles. The number of carbonyl (C=O) groups is 2. The number of hydrogen-bond donors (Lipinski definition) is 0. The molecular formula is C35H38O7S2. The zero-order valence-electron chi connectivity index (χ0n) is 24.9. The summed E-state index contributed by atoms with van der Waals surface area (Å²) in [5, 5.41) is 0. The number of hydrogen-bond acceptors (Lipinski definition) is 7. The van der Waals surface area contributed by atoms with Crippen molar-refractivity contribution in [1.29, 1.82) is 0 Å². The molecule has 0 amide bonds.